The van der Waals surface area contributed by atoms with Crippen molar-refractivity contribution >= 4 is 76.1 Å². The molecule has 14 nitrogen and oxygen atoms in total. The van der Waals surface area contributed by atoms with E-state index in [1.165, 1.54) is 44.1 Å². The van der Waals surface area contributed by atoms with Gasteiger partial charge in [-0.2, -0.15) is 0 Å². The molecule has 19 heteroatoms. The van der Waals surface area contributed by atoms with Gasteiger partial charge < -0.3 is 15.0 Å². The summed E-state index contributed by atoms with van der Waals surface area (Å²) < 4.78 is 5.32. The molecule has 4 rings (SSSR count). The highest BCUT2D eigenvalue weighted by Gasteiger charge is 2.66. The number of thioether (sulfide) groups is 2. The Morgan fingerprint density at radius 1 is 1.32 bits per heavy atom. The first kappa shape index (κ1) is 25.2. The number of fused-ring (bicyclic) bond motifs is 1. The van der Waals surface area contributed by atoms with Gasteiger partial charge in [-0.3, -0.25) is 9.59 Å². The van der Waals surface area contributed by atoms with Crippen LogP contribution in [0.2, 0.25) is 0 Å². The zero-order valence-electron chi connectivity index (χ0n) is 17.5. The molecule has 2 aliphatic heterocycles. The average molecular weight is 572 g/mol. The minimum Gasteiger partial charge on any atom is -0.460 e. The zero-order valence-corrected chi connectivity index (χ0v) is 21.4. The topological polar surface area (TPSA) is 163 Å². The van der Waals surface area contributed by atoms with E-state index in [4.69, 9.17) is 39.5 Å². The lowest BCUT2D eigenvalue weighted by Gasteiger charge is -2.44. The van der Waals surface area contributed by atoms with Crippen LogP contribution in [-0.2, 0) is 32.7 Å². The predicted molar refractivity (Wildman–Crippen MR) is 121 cm³/mol. The van der Waals surface area contributed by atoms with Gasteiger partial charge in [-0.1, -0.05) is 46.6 Å². The molecule has 3 unspecified atom stereocenters. The molecule has 0 radical (unpaired) electrons. The molecule has 2 aliphatic rings. The third-order valence-electron chi connectivity index (χ3n) is 5.01. The van der Waals surface area contributed by atoms with Crippen molar-refractivity contribution in [2.45, 2.75) is 44.6 Å². The molecule has 0 aromatic carbocycles. The molecule has 4 heterocycles. The predicted octanol–water partition coefficient (Wildman–Crippen LogP) is -0.570. The fourth-order valence-electron chi connectivity index (χ4n) is 3.53. The summed E-state index contributed by atoms with van der Waals surface area (Å²) in [6, 6.07) is -1.82. The lowest BCUT2D eigenvalue weighted by atomic mass is 9.95. The van der Waals surface area contributed by atoms with E-state index in [1.54, 1.807) is 7.05 Å². The molecule has 2 amide bonds. The number of carbonyl (C=O) groups excluding carboxylic acids is 3. The van der Waals surface area contributed by atoms with Crippen molar-refractivity contribution < 1.29 is 19.1 Å². The number of nitrogens with one attached hydrogen (secondary N) is 1. The van der Waals surface area contributed by atoms with E-state index in [0.717, 1.165) is 0 Å². The average Bonchev–Trinajstić information content (AvgIpc) is 3.47. The molecule has 184 valence electrons. The number of ether oxygens (including phenoxy) is 1. The number of hydrogen-bond acceptors (Lipinski definition) is 12. The van der Waals surface area contributed by atoms with Gasteiger partial charge in [0.15, 0.2) is 0 Å². The molecular weight excluding hydrogens is 555 g/mol. The largest absolute Gasteiger partial charge is 0.460 e. The van der Waals surface area contributed by atoms with Gasteiger partial charge in [0, 0.05) is 12.8 Å². The van der Waals surface area contributed by atoms with Gasteiger partial charge >= 0.3 is 5.97 Å². The number of tetrazole rings is 2. The van der Waals surface area contributed by atoms with E-state index in [0.29, 0.717) is 10.9 Å². The third kappa shape index (κ3) is 5.19. The normalized spacial score (nSPS) is 26.2. The molecule has 0 saturated carbocycles. The van der Waals surface area contributed by atoms with Crippen LogP contribution in [0.4, 0.5) is 0 Å². The van der Waals surface area contributed by atoms with Crippen LogP contribution in [0.3, 0.4) is 0 Å². The van der Waals surface area contributed by atoms with Gasteiger partial charge in [0.1, 0.15) is 36.9 Å². The van der Waals surface area contributed by atoms with Crippen LogP contribution in [0.1, 0.15) is 6.92 Å². The molecule has 2 aromatic heterocycles. The number of alkyl halides is 3. The van der Waals surface area contributed by atoms with Crippen molar-refractivity contribution in [2.75, 3.05) is 12.4 Å². The summed E-state index contributed by atoms with van der Waals surface area (Å²) in [6.45, 7) is 1.18. The number of esters is 1. The van der Waals surface area contributed by atoms with Crippen LogP contribution in [0, 0.1) is 0 Å². The number of halogens is 3. The van der Waals surface area contributed by atoms with Crippen molar-refractivity contribution in [1.82, 2.24) is 50.6 Å². The molecule has 2 fully saturated rings. The van der Waals surface area contributed by atoms with E-state index in [-0.39, 0.29) is 6.54 Å². The SMILES string of the molecule is Cn1nnnc1SCC1(C)S[C@H]2C(NC(=O)Cn3cnnn3)C(=O)N2C1C(=O)OCC(Cl)(Cl)Cl. The lowest BCUT2D eigenvalue weighted by molar-refractivity contribution is -0.164. The summed E-state index contributed by atoms with van der Waals surface area (Å²) in [5.41, 5.74) is 0. The van der Waals surface area contributed by atoms with E-state index in [9.17, 15) is 14.4 Å². The standard InChI is InChI=1S/C15H17Cl3N10O4S2/c1-14(5-33-13-21-23-24-26(13)2)9(12(31)32-4-15(16,17)18)28-10(30)8(11(28)34-14)20-7(29)3-27-6-19-22-25-27/h6,8-9,11H,3-5H2,1-2H3,(H,20,29)/t8?,9?,11-,14?/m0/s1. The first-order valence-electron chi connectivity index (χ1n) is 9.57. The van der Waals surface area contributed by atoms with Crippen LogP contribution < -0.4 is 5.32 Å². The first-order valence-corrected chi connectivity index (χ1v) is 12.6. The third-order valence-corrected chi connectivity index (χ3v) is 8.52. The highest BCUT2D eigenvalue weighted by molar-refractivity contribution is 8.04. The molecule has 0 bridgehead atoms. The number of aryl methyl sites for hydroxylation is 1. The first-order chi connectivity index (χ1) is 16.0. The second-order valence-electron chi connectivity index (χ2n) is 7.62. The van der Waals surface area contributed by atoms with Crippen LogP contribution in [-0.4, -0.2) is 101 Å². The van der Waals surface area contributed by atoms with Crippen molar-refractivity contribution in [3.8, 4) is 0 Å². The number of amides is 2. The Kier molecular flexibility index (Phi) is 7.15. The Labute approximate surface area is 215 Å². The Morgan fingerprint density at radius 3 is 2.71 bits per heavy atom. The summed E-state index contributed by atoms with van der Waals surface area (Å²) in [4.78, 5) is 39.8. The number of rotatable bonds is 8. The Bertz CT molecular complexity index is 1080. The smallest absolute Gasteiger partial charge is 0.330 e. The van der Waals surface area contributed by atoms with Gasteiger partial charge in [0.2, 0.25) is 20.8 Å². The second-order valence-corrected chi connectivity index (χ2v) is 12.7. The quantitative estimate of drug-likeness (QED) is 0.186. The highest BCUT2D eigenvalue weighted by atomic mass is 35.6. The zero-order chi connectivity index (χ0) is 24.7. The molecule has 2 saturated heterocycles. The van der Waals surface area contributed by atoms with Crippen LogP contribution >= 0.6 is 58.3 Å². The maximum Gasteiger partial charge on any atom is 0.330 e. The van der Waals surface area contributed by atoms with E-state index >= 15 is 0 Å². The van der Waals surface area contributed by atoms with Crippen molar-refractivity contribution in [3.63, 3.8) is 0 Å². The molecule has 1 N–H and O–H groups in total. The van der Waals surface area contributed by atoms with Gasteiger partial charge in [0.05, 0.1) is 4.75 Å². The molecular formula is C15H17Cl3N10O4S2. The molecule has 0 spiro atoms. The highest BCUT2D eigenvalue weighted by Crippen LogP contribution is 2.53. The fourth-order valence-corrected chi connectivity index (χ4v) is 6.58. The summed E-state index contributed by atoms with van der Waals surface area (Å²) in [5.74, 6) is -1.24. The Balaban J connectivity index is 1.50. The van der Waals surface area contributed by atoms with Crippen LogP contribution in [0.5, 0.6) is 0 Å². The van der Waals surface area contributed by atoms with Crippen LogP contribution in [0.25, 0.3) is 0 Å². The maximum atomic E-state index is 13.0. The van der Waals surface area contributed by atoms with E-state index < -0.39 is 50.4 Å². The maximum absolute atomic E-state index is 13.0. The van der Waals surface area contributed by atoms with E-state index in [2.05, 4.69) is 36.4 Å². The molecule has 0 aliphatic carbocycles. The Morgan fingerprint density at radius 2 is 2.09 bits per heavy atom. The van der Waals surface area contributed by atoms with Crippen molar-refractivity contribution in [1.29, 1.82) is 0 Å². The summed E-state index contributed by atoms with van der Waals surface area (Å²) in [5, 5.41) is 24.6. The second kappa shape index (κ2) is 9.64. The summed E-state index contributed by atoms with van der Waals surface area (Å²) in [7, 11) is 1.69. The minimum atomic E-state index is -1.80. The lowest BCUT2D eigenvalue weighted by Crippen LogP contribution is -2.71. The van der Waals surface area contributed by atoms with Gasteiger partial charge in [0.25, 0.3) is 0 Å². The van der Waals surface area contributed by atoms with Crippen molar-refractivity contribution in [2.24, 2.45) is 7.05 Å². The van der Waals surface area contributed by atoms with Gasteiger partial charge in [-0.15, -0.1) is 22.0 Å². The number of nitrogens with zero attached hydrogens (tertiary/aromatic N) is 9. The number of hydrogen-bond donors (Lipinski definition) is 1. The summed E-state index contributed by atoms with van der Waals surface area (Å²) >= 11 is 19.9. The Hall–Kier alpha value is -1.88. The molecule has 2 aromatic rings. The number of aromatic nitrogens is 8. The molecule has 4 atom stereocenters. The monoisotopic (exact) mass is 570 g/mol. The number of carbonyl (C=O) groups is 3. The summed E-state index contributed by atoms with van der Waals surface area (Å²) in [6.07, 6.45) is 1.28. The van der Waals surface area contributed by atoms with Gasteiger partial charge in [-0.25, -0.2) is 14.2 Å². The van der Waals surface area contributed by atoms with E-state index in [1.807, 2.05) is 6.92 Å². The number of β-lactam (4-membered cyclic amide) rings is 1. The molecule has 34 heavy (non-hydrogen) atoms. The fraction of sp³-hybridized carbons (Fsp3) is 0.667. The van der Waals surface area contributed by atoms with Gasteiger partial charge in [-0.05, 0) is 27.8 Å². The van der Waals surface area contributed by atoms with Crippen molar-refractivity contribution in [3.05, 3.63) is 6.33 Å². The van der Waals surface area contributed by atoms with Crippen LogP contribution in [0.15, 0.2) is 11.5 Å². The minimum absolute atomic E-state index is 0.158.